The molecule has 0 bridgehead atoms. The SMILES string of the molecule is C[C@@]1(S(C)(=O)=O)CC[C@@](CF)(c2cc(NC(=O)c3ccc(F)cn3)cc(F)c2F)N=C1N. The smallest absolute Gasteiger partial charge is 0.274 e. The van der Waals surface area contributed by atoms with Gasteiger partial charge in [-0.2, -0.15) is 0 Å². The van der Waals surface area contributed by atoms with Crippen molar-refractivity contribution >= 4 is 27.3 Å². The number of amidine groups is 1. The Morgan fingerprint density at radius 2 is 1.91 bits per heavy atom. The van der Waals surface area contributed by atoms with Crippen molar-refractivity contribution in [2.45, 2.75) is 30.1 Å². The van der Waals surface area contributed by atoms with Gasteiger partial charge in [0.15, 0.2) is 21.5 Å². The number of aliphatic imine (C=N–C) groups is 1. The van der Waals surface area contributed by atoms with E-state index >= 15 is 0 Å². The average molecular weight is 472 g/mol. The van der Waals surface area contributed by atoms with Gasteiger partial charge in [0.25, 0.3) is 5.91 Å². The molecule has 1 aromatic heterocycles. The number of benzene rings is 1. The molecule has 32 heavy (non-hydrogen) atoms. The van der Waals surface area contributed by atoms with Crippen LogP contribution in [0.15, 0.2) is 35.5 Å². The van der Waals surface area contributed by atoms with Gasteiger partial charge in [0, 0.05) is 23.6 Å². The summed E-state index contributed by atoms with van der Waals surface area (Å²) in [6.45, 7) is 0.0351. The molecule has 2 aromatic rings. The molecule has 3 rings (SSSR count). The summed E-state index contributed by atoms with van der Waals surface area (Å²) >= 11 is 0. The van der Waals surface area contributed by atoms with Crippen LogP contribution in [0.2, 0.25) is 0 Å². The first-order chi connectivity index (χ1) is 14.8. The third-order valence-electron chi connectivity index (χ3n) is 5.68. The van der Waals surface area contributed by atoms with Gasteiger partial charge in [0.2, 0.25) is 0 Å². The molecule has 12 heteroatoms. The lowest BCUT2D eigenvalue weighted by atomic mass is 9.80. The first-order valence-electron chi connectivity index (χ1n) is 9.37. The van der Waals surface area contributed by atoms with Gasteiger partial charge in [0.1, 0.15) is 34.3 Å². The van der Waals surface area contributed by atoms with Gasteiger partial charge in [-0.05, 0) is 38.0 Å². The predicted octanol–water partition coefficient (Wildman–Crippen LogP) is 2.87. The highest BCUT2D eigenvalue weighted by Crippen LogP contribution is 2.43. The standard InChI is InChI=1S/C20H20F4N4O3S/c1-19(32(2,30)31)5-6-20(10-21,28-18(19)25)13-7-12(8-14(23)16(13)24)27-17(29)15-4-3-11(22)9-26-15/h3-4,7-9H,5-6,10H2,1-2H3,(H2,25,28)(H,27,29)/t19-,20-/m1/s1. The Kier molecular flexibility index (Phi) is 6.02. The van der Waals surface area contributed by atoms with Crippen LogP contribution in [0.5, 0.6) is 0 Å². The van der Waals surface area contributed by atoms with E-state index in [-0.39, 0.29) is 24.2 Å². The molecular weight excluding hydrogens is 452 g/mol. The Morgan fingerprint density at radius 1 is 1.22 bits per heavy atom. The van der Waals surface area contributed by atoms with E-state index in [4.69, 9.17) is 5.73 Å². The number of sulfone groups is 1. The number of carbonyl (C=O) groups is 1. The molecule has 0 saturated carbocycles. The number of pyridine rings is 1. The molecule has 0 unspecified atom stereocenters. The van der Waals surface area contributed by atoms with E-state index in [9.17, 15) is 30.8 Å². The van der Waals surface area contributed by atoms with Crippen molar-refractivity contribution in [1.29, 1.82) is 0 Å². The van der Waals surface area contributed by atoms with Crippen LogP contribution in [-0.4, -0.2) is 42.8 Å². The number of carbonyl (C=O) groups excluding carboxylic acids is 1. The molecule has 3 N–H and O–H groups in total. The normalized spacial score (nSPS) is 23.5. The van der Waals surface area contributed by atoms with Gasteiger partial charge in [-0.15, -0.1) is 0 Å². The number of anilines is 1. The molecule has 0 radical (unpaired) electrons. The van der Waals surface area contributed by atoms with Crippen LogP contribution >= 0.6 is 0 Å². The van der Waals surface area contributed by atoms with Crippen molar-refractivity contribution in [1.82, 2.24) is 4.98 Å². The van der Waals surface area contributed by atoms with Crippen LogP contribution in [0.25, 0.3) is 0 Å². The molecule has 1 aromatic carbocycles. The number of hydrogen-bond acceptors (Lipinski definition) is 6. The van der Waals surface area contributed by atoms with Crippen LogP contribution < -0.4 is 11.1 Å². The lowest BCUT2D eigenvalue weighted by molar-refractivity contribution is 0.102. The van der Waals surface area contributed by atoms with E-state index in [2.05, 4.69) is 15.3 Å². The van der Waals surface area contributed by atoms with Crippen molar-refractivity contribution in [2.24, 2.45) is 10.7 Å². The average Bonchev–Trinajstić information content (AvgIpc) is 2.72. The molecule has 2 heterocycles. The maximum Gasteiger partial charge on any atom is 0.274 e. The number of nitrogens with two attached hydrogens (primary N) is 1. The van der Waals surface area contributed by atoms with Crippen LogP contribution in [0.1, 0.15) is 35.8 Å². The van der Waals surface area contributed by atoms with Crippen molar-refractivity contribution in [3.63, 3.8) is 0 Å². The number of aromatic nitrogens is 1. The third-order valence-corrected chi connectivity index (χ3v) is 7.73. The number of hydrogen-bond donors (Lipinski definition) is 2. The first kappa shape index (κ1) is 23.6. The van der Waals surface area contributed by atoms with E-state index in [1.54, 1.807) is 0 Å². The summed E-state index contributed by atoms with van der Waals surface area (Å²) < 4.78 is 79.0. The highest BCUT2D eigenvalue weighted by atomic mass is 32.2. The van der Waals surface area contributed by atoms with Crippen LogP contribution in [0.4, 0.5) is 23.2 Å². The molecule has 172 valence electrons. The fourth-order valence-electron chi connectivity index (χ4n) is 3.42. The van der Waals surface area contributed by atoms with Crippen LogP contribution in [0, 0.1) is 17.5 Å². The second-order valence-corrected chi connectivity index (χ2v) is 10.2. The number of halogens is 4. The molecular formula is C20H20F4N4O3S. The van der Waals surface area contributed by atoms with E-state index in [1.165, 1.54) is 6.92 Å². The molecule has 7 nitrogen and oxygen atoms in total. The molecule has 0 fully saturated rings. The van der Waals surface area contributed by atoms with Gasteiger partial charge in [-0.25, -0.2) is 31.0 Å². The topological polar surface area (TPSA) is 115 Å². The maximum absolute atomic E-state index is 14.7. The van der Waals surface area contributed by atoms with Crippen molar-refractivity contribution in [2.75, 3.05) is 18.2 Å². The Balaban J connectivity index is 2.04. The quantitative estimate of drug-likeness (QED) is 0.650. The second-order valence-electron chi connectivity index (χ2n) is 7.80. The summed E-state index contributed by atoms with van der Waals surface area (Å²) in [5.41, 5.74) is 2.94. The Labute approximate surface area is 181 Å². The minimum Gasteiger partial charge on any atom is -0.386 e. The summed E-state index contributed by atoms with van der Waals surface area (Å²) in [7, 11) is -3.73. The number of alkyl halides is 1. The monoisotopic (exact) mass is 472 g/mol. The van der Waals surface area contributed by atoms with Crippen molar-refractivity contribution < 1.29 is 30.8 Å². The van der Waals surface area contributed by atoms with Crippen LogP contribution in [0.3, 0.4) is 0 Å². The molecule has 1 amide bonds. The number of nitrogens with one attached hydrogen (secondary N) is 1. The number of amides is 1. The summed E-state index contributed by atoms with van der Waals surface area (Å²) in [5.74, 6) is -4.72. The number of rotatable bonds is 5. The highest BCUT2D eigenvalue weighted by molar-refractivity contribution is 7.92. The Bertz CT molecular complexity index is 1200. The van der Waals surface area contributed by atoms with E-state index < -0.39 is 61.6 Å². The summed E-state index contributed by atoms with van der Waals surface area (Å²) in [4.78, 5) is 19.9. The summed E-state index contributed by atoms with van der Waals surface area (Å²) in [6, 6.07) is 3.77. The fraction of sp³-hybridized carbons (Fsp3) is 0.350. The van der Waals surface area contributed by atoms with Gasteiger partial charge in [-0.1, -0.05) is 0 Å². The van der Waals surface area contributed by atoms with Crippen molar-refractivity contribution in [3.05, 3.63) is 59.2 Å². The van der Waals surface area contributed by atoms with E-state index in [0.29, 0.717) is 6.07 Å². The largest absolute Gasteiger partial charge is 0.386 e. The minimum atomic E-state index is -3.73. The van der Waals surface area contributed by atoms with Crippen LogP contribution in [-0.2, 0) is 15.4 Å². The van der Waals surface area contributed by atoms with Gasteiger partial charge >= 0.3 is 0 Å². The summed E-state index contributed by atoms with van der Waals surface area (Å²) in [5, 5.41) is 2.29. The molecule has 1 aliphatic heterocycles. The Hall–Kier alpha value is -3.02. The van der Waals surface area contributed by atoms with E-state index in [0.717, 1.165) is 30.7 Å². The minimum absolute atomic E-state index is 0.178. The maximum atomic E-state index is 14.7. The molecule has 0 spiro atoms. The lowest BCUT2D eigenvalue weighted by Crippen LogP contribution is -2.53. The molecule has 2 atom stereocenters. The predicted molar refractivity (Wildman–Crippen MR) is 110 cm³/mol. The second kappa shape index (κ2) is 8.15. The molecule has 0 saturated heterocycles. The highest BCUT2D eigenvalue weighted by Gasteiger charge is 2.49. The number of nitrogens with zero attached hydrogens (tertiary/aromatic N) is 2. The van der Waals surface area contributed by atoms with Gasteiger partial charge in [-0.3, -0.25) is 9.79 Å². The van der Waals surface area contributed by atoms with Gasteiger partial charge in [0.05, 0.1) is 6.20 Å². The summed E-state index contributed by atoms with van der Waals surface area (Å²) in [6.07, 6.45) is 1.31. The molecule has 1 aliphatic rings. The third kappa shape index (κ3) is 4.06. The van der Waals surface area contributed by atoms with Crippen molar-refractivity contribution in [3.8, 4) is 0 Å². The van der Waals surface area contributed by atoms with E-state index in [1.807, 2.05) is 0 Å². The fourth-order valence-corrected chi connectivity index (χ4v) is 4.32. The van der Waals surface area contributed by atoms with Gasteiger partial charge < -0.3 is 11.1 Å². The Morgan fingerprint density at radius 3 is 2.44 bits per heavy atom. The zero-order valence-corrected chi connectivity index (χ0v) is 17.9. The lowest BCUT2D eigenvalue weighted by Gasteiger charge is -2.39. The zero-order chi connectivity index (χ0) is 23.9. The molecule has 0 aliphatic carbocycles. The first-order valence-corrected chi connectivity index (χ1v) is 11.3. The zero-order valence-electron chi connectivity index (χ0n) is 17.1.